The van der Waals surface area contributed by atoms with Gasteiger partial charge in [-0.2, -0.15) is 0 Å². The Kier molecular flexibility index (Phi) is 19.5. The molecule has 268 valence electrons. The molecule has 0 aliphatic rings. The number of amides is 1. The predicted molar refractivity (Wildman–Crippen MR) is 189 cm³/mol. The molecule has 0 atom stereocenters. The van der Waals surface area contributed by atoms with Crippen molar-refractivity contribution in [1.82, 2.24) is 10.3 Å². The van der Waals surface area contributed by atoms with Crippen LogP contribution in [0.15, 0.2) is 42.6 Å². The highest BCUT2D eigenvalue weighted by molar-refractivity contribution is 5.95. The molecule has 10 nitrogen and oxygen atoms in total. The lowest BCUT2D eigenvalue weighted by atomic mass is 10.0. The molecule has 0 bridgehead atoms. The lowest BCUT2D eigenvalue weighted by Gasteiger charge is -2.34. The number of hydrogen-bond donors (Lipinski definition) is 1. The molecule has 0 spiro atoms. The molecule has 0 aliphatic carbocycles. The maximum atomic E-state index is 13.6. The van der Waals surface area contributed by atoms with Gasteiger partial charge in [0.15, 0.2) is 5.78 Å². The molecule has 10 heteroatoms. The summed E-state index contributed by atoms with van der Waals surface area (Å²) in [6.45, 7) is 16.8. The number of ether oxygens (including phenoxy) is 3. The third kappa shape index (κ3) is 15.1. The van der Waals surface area contributed by atoms with Crippen molar-refractivity contribution >= 4 is 29.0 Å². The van der Waals surface area contributed by atoms with Crippen molar-refractivity contribution in [3.05, 3.63) is 53.7 Å². The first-order valence-corrected chi connectivity index (χ1v) is 17.0. The molecule has 48 heavy (non-hydrogen) atoms. The Hall–Kier alpha value is -3.60. The zero-order valence-corrected chi connectivity index (χ0v) is 30.4. The summed E-state index contributed by atoms with van der Waals surface area (Å²) >= 11 is 0. The van der Waals surface area contributed by atoms with Crippen LogP contribution >= 0.6 is 0 Å². The van der Waals surface area contributed by atoms with Gasteiger partial charge >= 0.3 is 0 Å². The Morgan fingerprint density at radius 3 is 1.40 bits per heavy atom. The van der Waals surface area contributed by atoms with Gasteiger partial charge in [-0.1, -0.05) is 67.5 Å². The standard InChI is InChI=1S/C36H50N2O8.C2H6.H2/c1-24(2)32(40)14-17-44-21-36(22-45-18-15-33(41)25(3)4,23-46-19-16-34(42)26(5)6)38-35(43)29-10-8-28(9-11-29)31-13-12-30(20-37-31)27(7)39;1-2;/h8-13,20,24-26H,14-19,21-23H2,1-7H3,(H,38,43);1-2H3;1H. The van der Waals surface area contributed by atoms with Gasteiger partial charge in [-0.3, -0.25) is 29.0 Å². The second kappa shape index (κ2) is 22.1. The lowest BCUT2D eigenvalue weighted by molar-refractivity contribution is -0.123. The number of carbonyl (C=O) groups excluding carboxylic acids is 5. The van der Waals surface area contributed by atoms with Gasteiger partial charge in [-0.05, 0) is 31.2 Å². The maximum absolute atomic E-state index is 13.6. The van der Waals surface area contributed by atoms with E-state index in [1.165, 1.54) is 13.1 Å². The highest BCUT2D eigenvalue weighted by Gasteiger charge is 2.34. The molecule has 1 N–H and O–H groups in total. The first-order valence-electron chi connectivity index (χ1n) is 17.0. The van der Waals surface area contributed by atoms with E-state index in [2.05, 4.69) is 10.3 Å². The van der Waals surface area contributed by atoms with Crippen molar-refractivity contribution in [2.24, 2.45) is 17.8 Å². The van der Waals surface area contributed by atoms with Crippen molar-refractivity contribution in [2.45, 2.75) is 87.1 Å². The fourth-order valence-corrected chi connectivity index (χ4v) is 4.30. The minimum absolute atomic E-state index is 0. The van der Waals surface area contributed by atoms with E-state index >= 15 is 0 Å². The third-order valence-corrected chi connectivity index (χ3v) is 7.54. The average molecular weight is 671 g/mol. The van der Waals surface area contributed by atoms with Crippen molar-refractivity contribution in [1.29, 1.82) is 0 Å². The molecule has 0 saturated carbocycles. The Labute approximate surface area is 288 Å². The predicted octanol–water partition coefficient (Wildman–Crippen LogP) is 6.59. The minimum Gasteiger partial charge on any atom is -0.378 e. The van der Waals surface area contributed by atoms with E-state index in [0.717, 1.165) is 5.56 Å². The largest absolute Gasteiger partial charge is 0.378 e. The molecule has 0 saturated heterocycles. The van der Waals surface area contributed by atoms with Crippen LogP contribution in [0, 0.1) is 17.8 Å². The third-order valence-electron chi connectivity index (χ3n) is 7.54. The van der Waals surface area contributed by atoms with Crippen LogP contribution in [0.25, 0.3) is 11.3 Å². The van der Waals surface area contributed by atoms with Crippen LogP contribution in [-0.4, -0.2) is 79.2 Å². The first-order chi connectivity index (χ1) is 22.7. The number of nitrogens with one attached hydrogen (secondary N) is 1. The van der Waals surface area contributed by atoms with Crippen LogP contribution in [0.1, 0.15) is 104 Å². The molecule has 2 rings (SSSR count). The van der Waals surface area contributed by atoms with E-state index in [-0.39, 0.29) is 101 Å². The van der Waals surface area contributed by atoms with E-state index < -0.39 is 11.4 Å². The fraction of sp³-hybridized carbons (Fsp3) is 0.579. The fourth-order valence-electron chi connectivity index (χ4n) is 4.30. The SMILES string of the molecule is CC.CC(=O)c1ccc(-c2ccc(C(=O)NC(COCCC(=O)C(C)C)(COCCC(=O)C(C)C)COCCC(=O)C(C)C)cc2)nc1.[HH]. The van der Waals surface area contributed by atoms with Crippen molar-refractivity contribution in [3.8, 4) is 11.3 Å². The molecule has 1 aromatic carbocycles. The molecule has 0 unspecified atom stereocenters. The Balaban J connectivity index is 0.00000753. The van der Waals surface area contributed by atoms with Crippen molar-refractivity contribution in [2.75, 3.05) is 39.6 Å². The number of pyridine rings is 1. The average Bonchev–Trinajstić information content (AvgIpc) is 3.07. The summed E-state index contributed by atoms with van der Waals surface area (Å²) in [7, 11) is 0. The Morgan fingerprint density at radius 2 is 1.06 bits per heavy atom. The van der Waals surface area contributed by atoms with E-state index in [1.807, 2.05) is 55.4 Å². The number of rotatable bonds is 22. The maximum Gasteiger partial charge on any atom is 0.251 e. The van der Waals surface area contributed by atoms with Crippen LogP contribution in [0.5, 0.6) is 0 Å². The molecule has 0 aliphatic heterocycles. The topological polar surface area (TPSA) is 138 Å². The number of ketones is 4. The van der Waals surface area contributed by atoms with Crippen LogP contribution in [-0.2, 0) is 28.6 Å². The molecule has 0 fully saturated rings. The van der Waals surface area contributed by atoms with Gasteiger partial charge < -0.3 is 19.5 Å². The quantitative estimate of drug-likeness (QED) is 0.109. The number of benzene rings is 1. The second-order valence-corrected chi connectivity index (χ2v) is 12.6. The molecule has 1 amide bonds. The van der Waals surface area contributed by atoms with E-state index in [4.69, 9.17) is 14.2 Å². The highest BCUT2D eigenvalue weighted by Crippen LogP contribution is 2.19. The summed E-state index contributed by atoms with van der Waals surface area (Å²) in [6, 6.07) is 10.3. The molecule has 1 aromatic heterocycles. The van der Waals surface area contributed by atoms with Crippen LogP contribution in [0.4, 0.5) is 0 Å². The van der Waals surface area contributed by atoms with Gasteiger partial charge in [0, 0.05) is 61.3 Å². The summed E-state index contributed by atoms with van der Waals surface area (Å²) in [4.78, 5) is 66.1. The molecular weight excluding hydrogens is 612 g/mol. The lowest BCUT2D eigenvalue weighted by Crippen LogP contribution is -2.58. The summed E-state index contributed by atoms with van der Waals surface area (Å²) in [5, 5.41) is 3.04. The van der Waals surface area contributed by atoms with Gasteiger partial charge in [0.05, 0.1) is 45.3 Å². The number of Topliss-reactive ketones (excluding diaryl/α,β-unsaturated/α-hetero) is 4. The molecule has 1 heterocycles. The minimum atomic E-state index is -1.18. The van der Waals surface area contributed by atoms with Gasteiger partial charge in [0.2, 0.25) is 0 Å². The van der Waals surface area contributed by atoms with E-state index in [9.17, 15) is 24.0 Å². The summed E-state index contributed by atoms with van der Waals surface area (Å²) in [5.74, 6) is -0.662. The summed E-state index contributed by atoms with van der Waals surface area (Å²) in [6.07, 6.45) is 2.18. The van der Waals surface area contributed by atoms with Gasteiger partial charge in [-0.25, -0.2) is 0 Å². The normalized spacial score (nSPS) is 11.3. The number of carbonyl (C=O) groups is 5. The molecular formula is C38H58N2O8. The van der Waals surface area contributed by atoms with Crippen molar-refractivity contribution in [3.63, 3.8) is 0 Å². The monoisotopic (exact) mass is 670 g/mol. The first kappa shape index (κ1) is 42.4. The molecule has 2 aromatic rings. The van der Waals surface area contributed by atoms with Crippen LogP contribution in [0.3, 0.4) is 0 Å². The number of hydrogen-bond acceptors (Lipinski definition) is 9. The van der Waals surface area contributed by atoms with Gasteiger partial charge in [0.25, 0.3) is 5.91 Å². The van der Waals surface area contributed by atoms with Gasteiger partial charge in [0.1, 0.15) is 22.9 Å². The second-order valence-electron chi connectivity index (χ2n) is 12.6. The smallest absolute Gasteiger partial charge is 0.251 e. The summed E-state index contributed by atoms with van der Waals surface area (Å²) in [5.41, 5.74) is 1.13. The zero-order chi connectivity index (χ0) is 36.3. The molecule has 0 radical (unpaired) electrons. The Bertz CT molecular complexity index is 1240. The highest BCUT2D eigenvalue weighted by atomic mass is 16.5. The summed E-state index contributed by atoms with van der Waals surface area (Å²) < 4.78 is 17.8. The van der Waals surface area contributed by atoms with E-state index in [0.29, 0.717) is 16.8 Å². The van der Waals surface area contributed by atoms with E-state index in [1.54, 1.807) is 36.4 Å². The number of aromatic nitrogens is 1. The zero-order valence-electron chi connectivity index (χ0n) is 30.4. The number of nitrogens with zero attached hydrogens (tertiary/aromatic N) is 1. The van der Waals surface area contributed by atoms with Crippen LogP contribution in [0.2, 0.25) is 0 Å². The van der Waals surface area contributed by atoms with Gasteiger partial charge in [-0.15, -0.1) is 0 Å². The van der Waals surface area contributed by atoms with Crippen LogP contribution < -0.4 is 5.32 Å². The van der Waals surface area contributed by atoms with Crippen molar-refractivity contribution < 1.29 is 39.6 Å². The Morgan fingerprint density at radius 1 is 0.667 bits per heavy atom.